The number of aromatic nitrogens is 1. The Bertz CT molecular complexity index is 977. The van der Waals surface area contributed by atoms with Crippen molar-refractivity contribution in [1.29, 1.82) is 0 Å². The summed E-state index contributed by atoms with van der Waals surface area (Å²) in [6.07, 6.45) is 0.448. The number of hydrogen-bond donors (Lipinski definition) is 1. The minimum Gasteiger partial charge on any atom is -0.449 e. The number of rotatable bonds is 5. The Balaban J connectivity index is 1.51. The van der Waals surface area contributed by atoms with Crippen LogP contribution in [0.3, 0.4) is 0 Å². The zero-order valence-corrected chi connectivity index (χ0v) is 20.0. The monoisotopic (exact) mass is 481 g/mol. The van der Waals surface area contributed by atoms with Crippen LogP contribution in [0.4, 0.5) is 24.1 Å². The summed E-state index contributed by atoms with van der Waals surface area (Å²) in [5, 5.41) is 4.38. The van der Waals surface area contributed by atoms with E-state index in [1.54, 1.807) is 29.2 Å². The molecule has 33 heavy (non-hydrogen) atoms. The van der Waals surface area contributed by atoms with Gasteiger partial charge in [0.05, 0.1) is 12.3 Å². The fraction of sp³-hybridized carbons (Fsp3) is 0.522. The van der Waals surface area contributed by atoms with Crippen LogP contribution >= 0.6 is 11.3 Å². The van der Waals surface area contributed by atoms with E-state index in [0.29, 0.717) is 42.2 Å². The van der Waals surface area contributed by atoms with Gasteiger partial charge in [0, 0.05) is 31.0 Å². The first kappa shape index (κ1) is 24.9. The Morgan fingerprint density at radius 1 is 1.18 bits per heavy atom. The fourth-order valence-corrected chi connectivity index (χ4v) is 4.26. The minimum atomic E-state index is -3.03. The Morgan fingerprint density at radius 3 is 2.45 bits per heavy atom. The topological polar surface area (TPSA) is 80.8 Å². The highest BCUT2D eigenvalue weighted by Gasteiger charge is 2.29. The third kappa shape index (κ3) is 7.12. The first-order chi connectivity index (χ1) is 15.4. The summed E-state index contributed by atoms with van der Waals surface area (Å²) >= 11 is 1.09. The van der Waals surface area contributed by atoms with Gasteiger partial charge >= 0.3 is 12.2 Å². The van der Waals surface area contributed by atoms with Crippen LogP contribution in [0.1, 0.15) is 46.2 Å². The summed E-state index contributed by atoms with van der Waals surface area (Å²) in [7, 11) is 0. The van der Waals surface area contributed by atoms with Crippen molar-refractivity contribution in [3.8, 4) is 10.6 Å². The van der Waals surface area contributed by atoms with E-state index in [-0.39, 0.29) is 24.3 Å². The summed E-state index contributed by atoms with van der Waals surface area (Å²) in [5.74, 6) is -2.90. The lowest BCUT2D eigenvalue weighted by Crippen LogP contribution is -2.42. The molecule has 1 N–H and O–H groups in total. The molecule has 2 heterocycles. The van der Waals surface area contributed by atoms with Crippen LogP contribution < -0.4 is 5.32 Å². The van der Waals surface area contributed by atoms with Crippen LogP contribution in [0.15, 0.2) is 29.6 Å². The van der Waals surface area contributed by atoms with Crippen LogP contribution in [0, 0.1) is 5.92 Å². The predicted molar refractivity (Wildman–Crippen MR) is 123 cm³/mol. The Hall–Kier alpha value is -2.75. The van der Waals surface area contributed by atoms with Crippen LogP contribution in [0.2, 0.25) is 0 Å². The molecule has 0 aliphatic carbocycles. The van der Waals surface area contributed by atoms with E-state index in [1.165, 1.54) is 5.38 Å². The molecule has 1 saturated heterocycles. The Kier molecular flexibility index (Phi) is 7.56. The Morgan fingerprint density at radius 2 is 1.85 bits per heavy atom. The second-order valence-corrected chi connectivity index (χ2v) is 9.96. The first-order valence-electron chi connectivity index (χ1n) is 10.8. The highest BCUT2D eigenvalue weighted by atomic mass is 32.1. The van der Waals surface area contributed by atoms with Gasteiger partial charge in [-0.2, -0.15) is 8.78 Å². The van der Waals surface area contributed by atoms with E-state index in [4.69, 9.17) is 9.47 Å². The summed E-state index contributed by atoms with van der Waals surface area (Å²) in [4.78, 5) is 30.2. The zero-order valence-electron chi connectivity index (χ0n) is 19.2. The first-order valence-corrected chi connectivity index (χ1v) is 11.7. The maximum atomic E-state index is 13.5. The maximum Gasteiger partial charge on any atom is 0.411 e. The van der Waals surface area contributed by atoms with Crippen molar-refractivity contribution >= 4 is 29.2 Å². The zero-order chi connectivity index (χ0) is 24.2. The molecule has 0 saturated carbocycles. The average molecular weight is 482 g/mol. The highest BCUT2D eigenvalue weighted by molar-refractivity contribution is 7.13. The molecule has 0 atom stereocenters. The Labute approximate surface area is 196 Å². The summed E-state index contributed by atoms with van der Waals surface area (Å²) in [6.45, 7) is 7.59. The minimum absolute atomic E-state index is 0.137. The quantitative estimate of drug-likeness (QED) is 0.557. The number of amides is 2. The number of nitrogens with zero attached hydrogens (tertiary/aromatic N) is 2. The molecule has 2 aromatic rings. The summed E-state index contributed by atoms with van der Waals surface area (Å²) < 4.78 is 37.9. The van der Waals surface area contributed by atoms with Gasteiger partial charge in [0.2, 0.25) is 0 Å². The van der Waals surface area contributed by atoms with Crippen LogP contribution in [0.5, 0.6) is 0 Å². The van der Waals surface area contributed by atoms with Gasteiger partial charge in [0.15, 0.2) is 0 Å². The third-order valence-electron chi connectivity index (χ3n) is 5.06. The maximum absolute atomic E-state index is 13.5. The van der Waals surface area contributed by atoms with Gasteiger partial charge in [-0.05, 0) is 51.7 Å². The van der Waals surface area contributed by atoms with E-state index in [1.807, 2.05) is 20.8 Å². The second kappa shape index (κ2) is 10.0. The number of anilines is 1. The van der Waals surface area contributed by atoms with Gasteiger partial charge < -0.3 is 14.4 Å². The number of nitrogens with one attached hydrogen (secondary N) is 1. The molecule has 3 rings (SSSR count). The smallest absolute Gasteiger partial charge is 0.411 e. The third-order valence-corrected chi connectivity index (χ3v) is 5.94. The van der Waals surface area contributed by atoms with Crippen molar-refractivity contribution in [3.63, 3.8) is 0 Å². The van der Waals surface area contributed by atoms with Gasteiger partial charge in [-0.1, -0.05) is 12.1 Å². The molecule has 1 aliphatic heterocycles. The number of hydrogen-bond acceptors (Lipinski definition) is 6. The predicted octanol–water partition coefficient (Wildman–Crippen LogP) is 6.12. The number of para-hydroxylation sites is 1. The van der Waals surface area contributed by atoms with E-state index < -0.39 is 17.6 Å². The van der Waals surface area contributed by atoms with E-state index in [0.717, 1.165) is 18.3 Å². The molecule has 0 unspecified atom stereocenters. The molecule has 0 spiro atoms. The molecule has 10 heteroatoms. The van der Waals surface area contributed by atoms with E-state index in [9.17, 15) is 18.4 Å². The molecular formula is C23H29F2N3O4S. The van der Waals surface area contributed by atoms with Crippen molar-refractivity contribution in [2.75, 3.05) is 25.0 Å². The van der Waals surface area contributed by atoms with Gasteiger partial charge in [0.1, 0.15) is 16.3 Å². The molecule has 1 aromatic carbocycles. The molecule has 180 valence electrons. The number of alkyl halides is 2. The van der Waals surface area contributed by atoms with Crippen molar-refractivity contribution in [2.45, 2.75) is 52.1 Å². The number of likely N-dealkylation sites (tertiary alicyclic amines) is 1. The van der Waals surface area contributed by atoms with E-state index in [2.05, 4.69) is 10.3 Å². The summed E-state index contributed by atoms with van der Waals surface area (Å²) in [5.41, 5.74) is 0.129. The van der Waals surface area contributed by atoms with Gasteiger partial charge in [-0.15, -0.1) is 11.3 Å². The lowest BCUT2D eigenvalue weighted by molar-refractivity contribution is 0.0132. The number of benzene rings is 1. The number of piperidine rings is 1. The summed E-state index contributed by atoms with van der Waals surface area (Å²) in [6, 6.07) is 6.85. The van der Waals surface area contributed by atoms with Crippen molar-refractivity contribution in [3.05, 3.63) is 35.3 Å². The van der Waals surface area contributed by atoms with Crippen molar-refractivity contribution in [2.24, 2.45) is 5.92 Å². The van der Waals surface area contributed by atoms with Crippen molar-refractivity contribution < 1.29 is 27.8 Å². The highest BCUT2D eigenvalue weighted by Crippen LogP contribution is 2.35. The number of carbonyl (C=O) groups is 2. The number of ether oxygens (including phenoxy) is 2. The van der Waals surface area contributed by atoms with Crippen molar-refractivity contribution in [1.82, 2.24) is 9.88 Å². The standard InChI is InChI=1S/C23H29F2N3O4S/c1-22(2,3)32-21(30)28-11-9-15(10-12-28)13-31-20(29)26-17-8-6-5-7-16(17)19-27-18(14-33-19)23(4,24)25/h5-8,14-15H,9-13H2,1-4H3,(H,26,29). The van der Waals surface area contributed by atoms with Gasteiger partial charge in [-0.3, -0.25) is 5.32 Å². The molecule has 0 radical (unpaired) electrons. The van der Waals surface area contributed by atoms with Crippen LogP contribution in [0.25, 0.3) is 10.6 Å². The largest absolute Gasteiger partial charge is 0.449 e. The fourth-order valence-electron chi connectivity index (χ4n) is 3.33. The molecule has 0 bridgehead atoms. The molecular weight excluding hydrogens is 452 g/mol. The van der Waals surface area contributed by atoms with Gasteiger partial charge in [0.25, 0.3) is 5.92 Å². The van der Waals surface area contributed by atoms with Gasteiger partial charge in [-0.25, -0.2) is 14.6 Å². The van der Waals surface area contributed by atoms with Crippen LogP contribution in [-0.2, 0) is 15.4 Å². The lowest BCUT2D eigenvalue weighted by atomic mass is 9.98. The van der Waals surface area contributed by atoms with Crippen LogP contribution in [-0.4, -0.2) is 47.4 Å². The number of thiazole rings is 1. The SMILES string of the molecule is CC(C)(C)OC(=O)N1CCC(COC(=O)Nc2ccccc2-c2nc(C(C)(F)F)cs2)CC1. The number of halogens is 2. The second-order valence-electron chi connectivity index (χ2n) is 9.11. The lowest BCUT2D eigenvalue weighted by Gasteiger charge is -2.33. The molecule has 1 aliphatic rings. The number of carbonyl (C=O) groups excluding carboxylic acids is 2. The average Bonchev–Trinajstić information content (AvgIpc) is 3.22. The molecule has 1 fully saturated rings. The molecule has 7 nitrogen and oxygen atoms in total. The van der Waals surface area contributed by atoms with E-state index >= 15 is 0 Å². The molecule has 1 aromatic heterocycles. The molecule has 2 amide bonds. The normalized spacial score (nSPS) is 15.3.